The van der Waals surface area contributed by atoms with Crippen LogP contribution in [0.15, 0.2) is 47.5 Å². The van der Waals surface area contributed by atoms with Crippen LogP contribution >= 0.6 is 0 Å². The van der Waals surface area contributed by atoms with Crippen molar-refractivity contribution in [2.45, 2.75) is 77.6 Å². The number of carbonyl (C=O) groups is 4. The summed E-state index contributed by atoms with van der Waals surface area (Å²) in [7, 11) is 0. The van der Waals surface area contributed by atoms with Crippen LogP contribution in [0.5, 0.6) is 11.5 Å². The van der Waals surface area contributed by atoms with Crippen molar-refractivity contribution in [2.24, 2.45) is 23.7 Å². The fraction of sp³-hybridized carbons (Fsp3) is 0.545. The molecule has 342 valence electrons. The van der Waals surface area contributed by atoms with Crippen LogP contribution in [0.1, 0.15) is 74.6 Å². The molecule has 4 N–H and O–H groups in total. The summed E-state index contributed by atoms with van der Waals surface area (Å²) in [5, 5.41) is 33.7. The number of halogens is 6. The highest BCUT2D eigenvalue weighted by Crippen LogP contribution is 2.34. The molecular weight excluding hydrogens is 830 g/mol. The molecule has 2 aliphatic heterocycles. The van der Waals surface area contributed by atoms with Crippen LogP contribution in [0.2, 0.25) is 0 Å². The normalized spacial score (nSPS) is 19.0. The van der Waals surface area contributed by atoms with Crippen molar-refractivity contribution in [1.29, 1.82) is 0 Å². The maximum Gasteiger partial charge on any atom is 0.389 e. The van der Waals surface area contributed by atoms with Crippen LogP contribution in [0.4, 0.5) is 26.3 Å². The first-order valence-electron chi connectivity index (χ1n) is 20.4. The Morgan fingerprint density at radius 3 is 1.27 bits per heavy atom. The average Bonchev–Trinajstić information content (AvgIpc) is 3.13. The molecule has 4 aliphatic rings. The summed E-state index contributed by atoms with van der Waals surface area (Å²) >= 11 is 0. The highest BCUT2D eigenvalue weighted by molar-refractivity contribution is 5.75. The molecule has 0 saturated carbocycles. The fourth-order valence-electron chi connectivity index (χ4n) is 7.35. The van der Waals surface area contributed by atoms with Crippen LogP contribution in [0.3, 0.4) is 0 Å². The Kier molecular flexibility index (Phi) is 17.8. The lowest BCUT2D eigenvalue weighted by atomic mass is 9.83. The lowest BCUT2D eigenvalue weighted by Gasteiger charge is -2.38. The van der Waals surface area contributed by atoms with E-state index in [1.54, 1.807) is 12.1 Å². The van der Waals surface area contributed by atoms with E-state index >= 15 is 0 Å². The number of alkyl halides is 6. The van der Waals surface area contributed by atoms with E-state index in [4.69, 9.17) is 29.9 Å². The van der Waals surface area contributed by atoms with Gasteiger partial charge in [-0.1, -0.05) is 49.3 Å². The van der Waals surface area contributed by atoms with Crippen LogP contribution in [0, 0.1) is 23.7 Å². The van der Waals surface area contributed by atoms with Gasteiger partial charge in [0.1, 0.15) is 11.5 Å². The first-order valence-corrected chi connectivity index (χ1v) is 20.4. The SMILES string of the molecule is C[C@H]1Cc2cc(OCCCC(F)(F)F)ccc2C=C1CN1CC(C(=O)O)C1.C[C@H]1Cc2cc(OCCCC(F)(F)F)ccc2C=C1CN1CC(C(=O)O)C1.O=C(O)CCC(=O)O. The number of carboxylic acid groups (broad SMARTS) is 4. The van der Waals surface area contributed by atoms with Crippen molar-refractivity contribution in [3.63, 3.8) is 0 Å². The van der Waals surface area contributed by atoms with E-state index in [1.807, 2.05) is 24.3 Å². The first kappa shape index (κ1) is 49.6. The van der Waals surface area contributed by atoms with Crippen molar-refractivity contribution >= 4 is 36.0 Å². The van der Waals surface area contributed by atoms with Gasteiger partial charge in [0.15, 0.2) is 0 Å². The van der Waals surface area contributed by atoms with Crippen molar-refractivity contribution in [3.05, 3.63) is 69.8 Å². The Hall–Kier alpha value is -5.10. The van der Waals surface area contributed by atoms with Crippen LogP contribution < -0.4 is 9.47 Å². The smallest absolute Gasteiger partial charge is 0.389 e. The van der Waals surface area contributed by atoms with E-state index in [0.717, 1.165) is 48.2 Å². The summed E-state index contributed by atoms with van der Waals surface area (Å²) in [6.45, 7) is 8.31. The van der Waals surface area contributed by atoms with Gasteiger partial charge in [0.25, 0.3) is 0 Å². The van der Waals surface area contributed by atoms with Crippen LogP contribution in [-0.4, -0.2) is 119 Å². The second kappa shape index (κ2) is 22.3. The van der Waals surface area contributed by atoms with Crippen molar-refractivity contribution in [2.75, 3.05) is 52.5 Å². The summed E-state index contributed by atoms with van der Waals surface area (Å²) in [5.74, 6) is -2.25. The summed E-state index contributed by atoms with van der Waals surface area (Å²) in [4.78, 5) is 45.4. The molecule has 2 aromatic rings. The zero-order chi connectivity index (χ0) is 45.8. The van der Waals surface area contributed by atoms with E-state index in [9.17, 15) is 45.5 Å². The quantitative estimate of drug-likeness (QED) is 0.0894. The second-order valence-electron chi connectivity index (χ2n) is 16.3. The molecule has 2 saturated heterocycles. The Morgan fingerprint density at radius 2 is 0.968 bits per heavy atom. The Bertz CT molecular complexity index is 1800. The van der Waals surface area contributed by atoms with E-state index in [2.05, 4.69) is 35.8 Å². The summed E-state index contributed by atoms with van der Waals surface area (Å²) in [6, 6.07) is 11.3. The van der Waals surface area contributed by atoms with Crippen LogP contribution in [-0.2, 0) is 32.0 Å². The van der Waals surface area contributed by atoms with Gasteiger partial charge in [-0.25, -0.2) is 0 Å². The molecule has 6 rings (SSSR count). The topological polar surface area (TPSA) is 174 Å². The number of aliphatic carboxylic acids is 4. The summed E-state index contributed by atoms with van der Waals surface area (Å²) in [6.07, 6.45) is -4.66. The maximum atomic E-state index is 12.2. The Morgan fingerprint density at radius 1 is 0.613 bits per heavy atom. The maximum absolute atomic E-state index is 12.2. The third-order valence-corrected chi connectivity index (χ3v) is 11.0. The van der Waals surface area contributed by atoms with Gasteiger partial charge in [-0.2, -0.15) is 26.3 Å². The Balaban J connectivity index is 0.000000232. The second-order valence-corrected chi connectivity index (χ2v) is 16.3. The number of nitrogens with zero attached hydrogens (tertiary/aromatic N) is 2. The molecule has 0 bridgehead atoms. The zero-order valence-corrected chi connectivity index (χ0v) is 34.6. The highest BCUT2D eigenvalue weighted by Gasteiger charge is 2.35. The van der Waals surface area contributed by atoms with Gasteiger partial charge >= 0.3 is 36.2 Å². The predicted octanol–water partition coefficient (Wildman–Crippen LogP) is 7.94. The van der Waals surface area contributed by atoms with E-state index < -0.39 is 49.1 Å². The number of carboxylic acids is 4. The zero-order valence-electron chi connectivity index (χ0n) is 34.6. The van der Waals surface area contributed by atoms with Gasteiger partial charge in [0.05, 0.1) is 37.9 Å². The first-order chi connectivity index (χ1) is 29.0. The molecule has 0 aromatic heterocycles. The molecule has 0 unspecified atom stereocenters. The highest BCUT2D eigenvalue weighted by atomic mass is 19.4. The predicted molar refractivity (Wildman–Crippen MR) is 216 cm³/mol. The largest absolute Gasteiger partial charge is 0.494 e. The molecule has 62 heavy (non-hydrogen) atoms. The minimum atomic E-state index is -4.14. The molecule has 12 nitrogen and oxygen atoms in total. The van der Waals surface area contributed by atoms with Gasteiger partial charge in [-0.15, -0.1) is 0 Å². The van der Waals surface area contributed by atoms with E-state index in [-0.39, 0.29) is 50.7 Å². The summed E-state index contributed by atoms with van der Waals surface area (Å²) < 4.78 is 84.0. The lowest BCUT2D eigenvalue weighted by Crippen LogP contribution is -2.51. The monoisotopic (exact) mass is 884 g/mol. The molecule has 2 aromatic carbocycles. The molecule has 2 fully saturated rings. The number of ether oxygens (including phenoxy) is 2. The molecule has 18 heteroatoms. The van der Waals surface area contributed by atoms with Crippen LogP contribution in [0.25, 0.3) is 12.2 Å². The third kappa shape index (κ3) is 16.6. The van der Waals surface area contributed by atoms with Crippen molar-refractivity contribution in [1.82, 2.24) is 9.80 Å². The minimum Gasteiger partial charge on any atom is -0.494 e. The fourth-order valence-corrected chi connectivity index (χ4v) is 7.35. The molecule has 0 radical (unpaired) electrons. The minimum absolute atomic E-state index is 0.0474. The lowest BCUT2D eigenvalue weighted by molar-refractivity contribution is -0.148. The number of benzene rings is 2. The average molecular weight is 885 g/mol. The molecule has 2 aliphatic carbocycles. The van der Waals surface area contributed by atoms with Crippen molar-refractivity contribution < 1.29 is 75.4 Å². The number of rotatable bonds is 17. The number of fused-ring (bicyclic) bond motifs is 2. The van der Waals surface area contributed by atoms with Gasteiger partial charge in [-0.05, 0) is 84.0 Å². The standard InChI is InChI=1S/2C20H24F3NO3.C4H6O4/c2*1-13-7-15-9-18(27-6-2-5-20(21,22)23)4-3-14(15)8-16(13)10-24-11-17(12-24)19(25)26;5-3(6)1-2-4(7)8/h2*3-4,8-9,13,17H,2,5-7,10-12H2,1H3,(H,25,26);1-2H2,(H,5,6)(H,7,8)/t2*13-;/m00./s1. The number of hydrogen-bond acceptors (Lipinski definition) is 8. The molecular formula is C44H54F6N2O10. The Labute approximate surface area is 355 Å². The van der Waals surface area contributed by atoms with Crippen molar-refractivity contribution in [3.8, 4) is 11.5 Å². The van der Waals surface area contributed by atoms with Gasteiger partial charge in [0.2, 0.25) is 0 Å². The van der Waals surface area contributed by atoms with Gasteiger partial charge < -0.3 is 29.9 Å². The number of hydrogen-bond donors (Lipinski definition) is 4. The molecule has 2 heterocycles. The molecule has 2 atom stereocenters. The van der Waals surface area contributed by atoms with Gasteiger partial charge in [0, 0.05) is 52.1 Å². The van der Waals surface area contributed by atoms with Gasteiger partial charge in [-0.3, -0.25) is 29.0 Å². The summed E-state index contributed by atoms with van der Waals surface area (Å²) in [5.41, 5.74) is 7.02. The molecule has 0 amide bonds. The number of likely N-dealkylation sites (tertiary alicyclic amines) is 2. The van der Waals surface area contributed by atoms with E-state index in [1.165, 1.54) is 11.1 Å². The van der Waals surface area contributed by atoms with E-state index in [0.29, 0.717) is 49.5 Å². The third-order valence-electron chi connectivity index (χ3n) is 11.0. The molecule has 0 spiro atoms.